The molecule has 0 N–H and O–H groups in total. The summed E-state index contributed by atoms with van der Waals surface area (Å²) in [5.41, 5.74) is 1.81. The maximum atomic E-state index is 12.4. The van der Waals surface area contributed by atoms with E-state index >= 15 is 0 Å². The lowest BCUT2D eigenvalue weighted by atomic mass is 9.94. The van der Waals surface area contributed by atoms with Crippen LogP contribution >= 0.6 is 0 Å². The van der Waals surface area contributed by atoms with Crippen LogP contribution in [-0.2, 0) is 14.3 Å². The third-order valence-corrected chi connectivity index (χ3v) is 5.40. The highest BCUT2D eigenvalue weighted by Crippen LogP contribution is 2.26. The Kier molecular flexibility index (Phi) is 6.40. The second-order valence-electron chi connectivity index (χ2n) is 7.61. The lowest BCUT2D eigenvalue weighted by molar-refractivity contribution is -0.111. The van der Waals surface area contributed by atoms with Crippen molar-refractivity contribution >= 4 is 28.9 Å². The molecule has 2 aromatic rings. The van der Waals surface area contributed by atoms with Crippen molar-refractivity contribution < 1.29 is 28.7 Å². The largest absolute Gasteiger partial charge is 0.493 e. The smallest absolute Gasteiger partial charge is 0.233 e. The number of fused-ring (bicyclic) bond motifs is 2. The van der Waals surface area contributed by atoms with Gasteiger partial charge in [0, 0.05) is 34.4 Å². The minimum atomic E-state index is -0.566. The fourth-order valence-corrected chi connectivity index (χ4v) is 3.73. The maximum absolute atomic E-state index is 12.4. The molecule has 6 nitrogen and oxygen atoms in total. The number of ether oxygens (including phenoxy) is 2. The van der Waals surface area contributed by atoms with Crippen LogP contribution in [0.1, 0.15) is 62.3 Å². The van der Waals surface area contributed by atoms with E-state index in [2.05, 4.69) is 0 Å². The summed E-state index contributed by atoms with van der Waals surface area (Å²) in [6.45, 7) is 0.778. The Labute approximate surface area is 185 Å². The zero-order valence-corrected chi connectivity index (χ0v) is 17.5. The van der Waals surface area contributed by atoms with E-state index in [1.54, 1.807) is 48.5 Å². The number of Topliss-reactive ketones (excluding diaryl/α,β-unsaturated/α-hetero) is 2. The molecule has 2 aliphatic carbocycles. The first-order chi connectivity index (χ1) is 15.6. The van der Waals surface area contributed by atoms with Gasteiger partial charge in [-0.05, 0) is 25.7 Å². The molecule has 2 aromatic carbocycles. The molecule has 32 heavy (non-hydrogen) atoms. The van der Waals surface area contributed by atoms with Crippen molar-refractivity contribution in [3.63, 3.8) is 0 Å². The SMILES string of the molecule is O=C1C=C(OCCCCCCOC2=CC(=O)c3ccccc3C2=O)c2ccccc2C1=O. The molecule has 0 aliphatic heterocycles. The summed E-state index contributed by atoms with van der Waals surface area (Å²) in [6.07, 6.45) is 5.77. The minimum absolute atomic E-state index is 0.0964. The van der Waals surface area contributed by atoms with E-state index in [0.29, 0.717) is 41.2 Å². The molecule has 4 rings (SSSR count). The first kappa shape index (κ1) is 21.4. The molecule has 0 atom stereocenters. The molecule has 0 saturated carbocycles. The molecule has 162 valence electrons. The summed E-state index contributed by atoms with van der Waals surface area (Å²) in [5, 5.41) is 0. The van der Waals surface area contributed by atoms with Gasteiger partial charge in [-0.2, -0.15) is 0 Å². The van der Waals surface area contributed by atoms with Crippen LogP contribution < -0.4 is 0 Å². The Morgan fingerprint density at radius 3 is 1.66 bits per heavy atom. The predicted molar refractivity (Wildman–Crippen MR) is 117 cm³/mol. The number of allylic oxidation sites excluding steroid dienone is 3. The Bertz CT molecular complexity index is 1150. The molecule has 0 heterocycles. The molecule has 0 bridgehead atoms. The maximum Gasteiger partial charge on any atom is 0.233 e. The minimum Gasteiger partial charge on any atom is -0.493 e. The molecule has 0 aromatic heterocycles. The van der Waals surface area contributed by atoms with E-state index in [0.717, 1.165) is 25.7 Å². The van der Waals surface area contributed by atoms with Crippen LogP contribution in [0.5, 0.6) is 0 Å². The highest BCUT2D eigenvalue weighted by molar-refractivity contribution is 6.50. The second kappa shape index (κ2) is 9.56. The molecular weight excluding hydrogens is 408 g/mol. The van der Waals surface area contributed by atoms with E-state index in [4.69, 9.17) is 9.47 Å². The predicted octanol–water partition coefficient (Wildman–Crippen LogP) is 4.35. The number of unbranched alkanes of at least 4 members (excludes halogenated alkanes) is 3. The van der Waals surface area contributed by atoms with E-state index < -0.39 is 11.6 Å². The van der Waals surface area contributed by atoms with Crippen molar-refractivity contribution in [1.82, 2.24) is 0 Å². The average molecular weight is 430 g/mol. The normalized spacial score (nSPS) is 15.0. The standard InChI is InChI=1S/C26H22O6/c27-21-15-24(26(30)19-11-5-3-9-17(19)21)32-14-8-2-1-7-13-31-23-16-22(28)25(29)20-12-6-4-10-18(20)23/h3-6,9-12,15-16H,1-2,7-8,13-14H2. The van der Waals surface area contributed by atoms with Crippen LogP contribution in [0.25, 0.3) is 5.76 Å². The van der Waals surface area contributed by atoms with Gasteiger partial charge in [0.15, 0.2) is 11.5 Å². The van der Waals surface area contributed by atoms with Crippen molar-refractivity contribution in [3.05, 3.63) is 88.7 Å². The van der Waals surface area contributed by atoms with Crippen LogP contribution in [0, 0.1) is 0 Å². The highest BCUT2D eigenvalue weighted by atomic mass is 16.5. The summed E-state index contributed by atoms with van der Waals surface area (Å²) in [7, 11) is 0. The lowest BCUT2D eigenvalue weighted by Gasteiger charge is -2.17. The molecule has 0 amide bonds. The summed E-state index contributed by atoms with van der Waals surface area (Å²) in [6, 6.07) is 13.7. The van der Waals surface area contributed by atoms with Gasteiger partial charge in [-0.3, -0.25) is 19.2 Å². The fourth-order valence-electron chi connectivity index (χ4n) is 3.73. The Hall–Kier alpha value is -3.80. The quantitative estimate of drug-likeness (QED) is 0.434. The van der Waals surface area contributed by atoms with Crippen molar-refractivity contribution in [2.45, 2.75) is 25.7 Å². The number of carbonyl (C=O) groups excluding carboxylic acids is 4. The van der Waals surface area contributed by atoms with Crippen LogP contribution in [0.2, 0.25) is 0 Å². The van der Waals surface area contributed by atoms with Gasteiger partial charge in [0.1, 0.15) is 5.76 Å². The third kappa shape index (κ3) is 4.44. The van der Waals surface area contributed by atoms with Gasteiger partial charge >= 0.3 is 0 Å². The Morgan fingerprint density at radius 1 is 0.500 bits per heavy atom. The fraction of sp³-hybridized carbons (Fsp3) is 0.231. The van der Waals surface area contributed by atoms with Crippen LogP contribution in [-0.4, -0.2) is 36.3 Å². The Morgan fingerprint density at radius 2 is 1.00 bits per heavy atom. The molecule has 0 spiro atoms. The van der Waals surface area contributed by atoms with Crippen LogP contribution in [0.4, 0.5) is 0 Å². The molecule has 2 aliphatic rings. The van der Waals surface area contributed by atoms with E-state index in [-0.39, 0.29) is 17.3 Å². The summed E-state index contributed by atoms with van der Waals surface area (Å²) >= 11 is 0. The summed E-state index contributed by atoms with van der Waals surface area (Å²) in [4.78, 5) is 48.4. The molecular formula is C26H22O6. The molecule has 6 heteroatoms. The first-order valence-electron chi connectivity index (χ1n) is 10.6. The third-order valence-electron chi connectivity index (χ3n) is 5.40. The topological polar surface area (TPSA) is 86.7 Å². The number of hydrogen-bond donors (Lipinski definition) is 0. The number of benzene rings is 2. The van der Waals surface area contributed by atoms with Gasteiger partial charge in [0.2, 0.25) is 17.3 Å². The molecule has 0 unspecified atom stereocenters. The van der Waals surface area contributed by atoms with Gasteiger partial charge in [0.25, 0.3) is 0 Å². The van der Waals surface area contributed by atoms with E-state index in [1.165, 1.54) is 12.2 Å². The zero-order chi connectivity index (χ0) is 22.5. The van der Waals surface area contributed by atoms with E-state index in [9.17, 15) is 19.2 Å². The van der Waals surface area contributed by atoms with Crippen LogP contribution in [0.15, 0.2) is 66.4 Å². The van der Waals surface area contributed by atoms with E-state index in [1.807, 2.05) is 0 Å². The van der Waals surface area contributed by atoms with Gasteiger partial charge in [-0.25, -0.2) is 0 Å². The second-order valence-corrected chi connectivity index (χ2v) is 7.61. The van der Waals surface area contributed by atoms with Crippen molar-refractivity contribution in [3.8, 4) is 0 Å². The monoisotopic (exact) mass is 430 g/mol. The summed E-state index contributed by atoms with van der Waals surface area (Å²) < 4.78 is 11.3. The number of ketones is 4. The zero-order valence-electron chi connectivity index (χ0n) is 17.5. The van der Waals surface area contributed by atoms with Crippen molar-refractivity contribution in [1.29, 1.82) is 0 Å². The summed E-state index contributed by atoms with van der Waals surface area (Å²) in [5.74, 6) is -1.03. The Balaban J connectivity index is 1.17. The number of hydrogen-bond acceptors (Lipinski definition) is 6. The average Bonchev–Trinajstić information content (AvgIpc) is 2.81. The lowest BCUT2D eigenvalue weighted by Crippen LogP contribution is -2.19. The van der Waals surface area contributed by atoms with Crippen molar-refractivity contribution in [2.75, 3.05) is 13.2 Å². The molecule has 0 saturated heterocycles. The van der Waals surface area contributed by atoms with Gasteiger partial charge < -0.3 is 9.47 Å². The molecule has 0 radical (unpaired) electrons. The van der Waals surface area contributed by atoms with Crippen molar-refractivity contribution in [2.24, 2.45) is 0 Å². The van der Waals surface area contributed by atoms with Gasteiger partial charge in [-0.15, -0.1) is 0 Å². The number of carbonyl (C=O) groups is 4. The highest BCUT2D eigenvalue weighted by Gasteiger charge is 2.27. The molecule has 0 fully saturated rings. The van der Waals surface area contributed by atoms with Gasteiger partial charge in [0.05, 0.1) is 13.2 Å². The van der Waals surface area contributed by atoms with Gasteiger partial charge in [-0.1, -0.05) is 48.5 Å². The van der Waals surface area contributed by atoms with Crippen LogP contribution in [0.3, 0.4) is 0 Å². The first-order valence-corrected chi connectivity index (χ1v) is 10.6. The number of rotatable bonds is 9.